The molecule has 1 aliphatic heterocycles. The van der Waals surface area contributed by atoms with E-state index < -0.39 is 24.0 Å². The van der Waals surface area contributed by atoms with Gasteiger partial charge in [-0.3, -0.25) is 9.59 Å². The van der Waals surface area contributed by atoms with Crippen molar-refractivity contribution < 1.29 is 19.1 Å². The molecule has 0 saturated carbocycles. The summed E-state index contributed by atoms with van der Waals surface area (Å²) in [4.78, 5) is 36.8. The second-order valence-corrected chi connectivity index (χ2v) is 4.78. The average Bonchev–Trinajstić information content (AvgIpc) is 2.82. The summed E-state index contributed by atoms with van der Waals surface area (Å²) in [6, 6.07) is 8.75. The van der Waals surface area contributed by atoms with Crippen molar-refractivity contribution in [2.45, 2.75) is 26.3 Å². The molecule has 1 aliphatic rings. The smallest absolute Gasteiger partial charge is 0.417 e. The van der Waals surface area contributed by atoms with Crippen LogP contribution in [0.5, 0.6) is 0 Å². The van der Waals surface area contributed by atoms with Crippen LogP contribution in [-0.4, -0.2) is 29.3 Å². The van der Waals surface area contributed by atoms with E-state index in [0.29, 0.717) is 6.42 Å². The molecule has 1 saturated heterocycles. The largest absolute Gasteiger partial charge is 0.446 e. The number of carbonyl (C=O) groups excluding carboxylic acids is 3. The maximum Gasteiger partial charge on any atom is 0.417 e. The van der Waals surface area contributed by atoms with E-state index >= 15 is 0 Å². The fourth-order valence-electron chi connectivity index (χ4n) is 2.39. The van der Waals surface area contributed by atoms with Gasteiger partial charge in [-0.05, 0) is 18.9 Å². The first-order chi connectivity index (χ1) is 9.56. The Morgan fingerprint density at radius 3 is 2.55 bits per heavy atom. The minimum absolute atomic E-state index is 0.128. The topological polar surface area (TPSA) is 63.7 Å². The molecule has 1 heterocycles. The van der Waals surface area contributed by atoms with Gasteiger partial charge in [-0.2, -0.15) is 0 Å². The number of amides is 2. The van der Waals surface area contributed by atoms with Crippen LogP contribution in [0.25, 0.3) is 0 Å². The predicted octanol–water partition coefficient (Wildman–Crippen LogP) is 2.32. The molecule has 20 heavy (non-hydrogen) atoms. The summed E-state index contributed by atoms with van der Waals surface area (Å²) in [7, 11) is 0. The number of Topliss-reactive ketones (excluding diaryl/α,β-unsaturated/α-hetero) is 1. The minimum atomic E-state index is -0.785. The molecule has 0 bridgehead atoms. The van der Waals surface area contributed by atoms with Crippen LogP contribution in [0, 0.1) is 5.92 Å². The van der Waals surface area contributed by atoms with Crippen molar-refractivity contribution in [1.82, 2.24) is 4.90 Å². The monoisotopic (exact) mass is 275 g/mol. The van der Waals surface area contributed by atoms with Gasteiger partial charge in [0.2, 0.25) is 5.91 Å². The van der Waals surface area contributed by atoms with Gasteiger partial charge in [-0.25, -0.2) is 9.69 Å². The van der Waals surface area contributed by atoms with Crippen molar-refractivity contribution in [2.75, 3.05) is 6.61 Å². The lowest BCUT2D eigenvalue weighted by Gasteiger charge is -2.23. The highest BCUT2D eigenvalue weighted by atomic mass is 16.6. The van der Waals surface area contributed by atoms with E-state index in [1.54, 1.807) is 6.92 Å². The molecule has 0 N–H and O–H groups in total. The zero-order valence-electron chi connectivity index (χ0n) is 11.5. The van der Waals surface area contributed by atoms with Crippen molar-refractivity contribution in [3.8, 4) is 0 Å². The first-order valence-corrected chi connectivity index (χ1v) is 6.61. The van der Waals surface area contributed by atoms with Gasteiger partial charge in [0.1, 0.15) is 18.4 Å². The highest BCUT2D eigenvalue weighted by Crippen LogP contribution is 2.29. The minimum Gasteiger partial charge on any atom is -0.446 e. The van der Waals surface area contributed by atoms with Crippen molar-refractivity contribution in [3.63, 3.8) is 0 Å². The number of rotatable bonds is 4. The third-order valence-electron chi connectivity index (χ3n) is 3.49. The molecule has 0 radical (unpaired) electrons. The first kappa shape index (κ1) is 14.2. The van der Waals surface area contributed by atoms with Crippen LogP contribution in [0.3, 0.4) is 0 Å². The summed E-state index contributed by atoms with van der Waals surface area (Å²) < 4.78 is 4.98. The zero-order valence-corrected chi connectivity index (χ0v) is 11.5. The van der Waals surface area contributed by atoms with Gasteiger partial charge >= 0.3 is 6.09 Å². The fourth-order valence-corrected chi connectivity index (χ4v) is 2.39. The number of benzene rings is 1. The van der Waals surface area contributed by atoms with Crippen molar-refractivity contribution in [2.24, 2.45) is 5.92 Å². The number of ketones is 1. The summed E-state index contributed by atoms with van der Waals surface area (Å²) >= 11 is 0. The van der Waals surface area contributed by atoms with Gasteiger partial charge in [0.15, 0.2) is 0 Å². The molecule has 1 aromatic carbocycles. The van der Waals surface area contributed by atoms with E-state index in [2.05, 4.69) is 0 Å². The van der Waals surface area contributed by atoms with Crippen molar-refractivity contribution in [3.05, 3.63) is 35.9 Å². The summed E-state index contributed by atoms with van der Waals surface area (Å²) in [6.45, 7) is 3.25. The summed E-state index contributed by atoms with van der Waals surface area (Å²) in [5.41, 5.74) is 0.824. The lowest BCUT2D eigenvalue weighted by atomic mass is 9.98. The molecule has 1 fully saturated rings. The standard InChI is InChI=1S/C15H17NO4/c1-3-12(10(2)17)14(18)16-13(9-20-15(16)19)11-7-5-4-6-8-11/h4-8,12-13H,3,9H2,1-2H3/t12-,13+/m0/s1. The Balaban J connectivity index is 2.29. The van der Waals surface area contributed by atoms with Crippen LogP contribution in [0.2, 0.25) is 0 Å². The fraction of sp³-hybridized carbons (Fsp3) is 0.400. The van der Waals surface area contributed by atoms with Gasteiger partial charge in [-0.1, -0.05) is 37.3 Å². The number of imide groups is 1. The molecule has 0 aromatic heterocycles. The molecule has 2 amide bonds. The van der Waals surface area contributed by atoms with E-state index in [4.69, 9.17) is 4.74 Å². The lowest BCUT2D eigenvalue weighted by molar-refractivity contribution is -0.139. The third-order valence-corrected chi connectivity index (χ3v) is 3.49. The highest BCUT2D eigenvalue weighted by molar-refractivity contribution is 6.06. The lowest BCUT2D eigenvalue weighted by Crippen LogP contribution is -2.40. The average molecular weight is 275 g/mol. The molecular weight excluding hydrogens is 258 g/mol. The normalized spacial score (nSPS) is 19.6. The van der Waals surface area contributed by atoms with Crippen LogP contribution in [0.4, 0.5) is 4.79 Å². The molecular formula is C15H17NO4. The van der Waals surface area contributed by atoms with E-state index in [0.717, 1.165) is 10.5 Å². The molecule has 5 nitrogen and oxygen atoms in total. The van der Waals surface area contributed by atoms with Crippen LogP contribution in [0.1, 0.15) is 31.9 Å². The molecule has 5 heteroatoms. The maximum absolute atomic E-state index is 12.4. The Morgan fingerprint density at radius 1 is 1.35 bits per heavy atom. The molecule has 2 rings (SSSR count). The Hall–Kier alpha value is -2.17. The second-order valence-electron chi connectivity index (χ2n) is 4.78. The molecule has 0 aliphatic carbocycles. The number of carbonyl (C=O) groups is 3. The number of nitrogens with zero attached hydrogens (tertiary/aromatic N) is 1. The van der Waals surface area contributed by atoms with Gasteiger partial charge in [-0.15, -0.1) is 0 Å². The predicted molar refractivity (Wildman–Crippen MR) is 71.8 cm³/mol. The second kappa shape index (κ2) is 5.86. The summed E-state index contributed by atoms with van der Waals surface area (Å²) in [5, 5.41) is 0. The Kier molecular flexibility index (Phi) is 4.17. The van der Waals surface area contributed by atoms with Crippen LogP contribution in [0.15, 0.2) is 30.3 Å². The number of hydrogen-bond acceptors (Lipinski definition) is 4. The number of hydrogen-bond donors (Lipinski definition) is 0. The Bertz CT molecular complexity index is 526. The highest BCUT2D eigenvalue weighted by Gasteiger charge is 2.42. The van der Waals surface area contributed by atoms with E-state index in [1.165, 1.54) is 6.92 Å². The molecule has 2 atom stereocenters. The van der Waals surface area contributed by atoms with Gasteiger partial charge in [0.25, 0.3) is 0 Å². The Morgan fingerprint density at radius 2 is 2.00 bits per heavy atom. The van der Waals surface area contributed by atoms with Crippen LogP contribution in [-0.2, 0) is 14.3 Å². The van der Waals surface area contributed by atoms with Crippen molar-refractivity contribution in [1.29, 1.82) is 0 Å². The van der Waals surface area contributed by atoms with Crippen molar-refractivity contribution >= 4 is 17.8 Å². The van der Waals surface area contributed by atoms with Gasteiger partial charge < -0.3 is 4.74 Å². The van der Waals surface area contributed by atoms with Gasteiger partial charge in [0.05, 0.1) is 5.92 Å². The van der Waals surface area contributed by atoms with E-state index in [9.17, 15) is 14.4 Å². The van der Waals surface area contributed by atoms with E-state index in [1.807, 2.05) is 30.3 Å². The number of cyclic esters (lactones) is 1. The maximum atomic E-state index is 12.4. The first-order valence-electron chi connectivity index (χ1n) is 6.61. The zero-order chi connectivity index (χ0) is 14.7. The number of ether oxygens (including phenoxy) is 1. The summed E-state index contributed by atoms with van der Waals surface area (Å²) in [6.07, 6.45) is -0.303. The van der Waals surface area contributed by atoms with Crippen LogP contribution >= 0.6 is 0 Å². The van der Waals surface area contributed by atoms with E-state index in [-0.39, 0.29) is 12.4 Å². The third kappa shape index (κ3) is 2.57. The SMILES string of the molecule is CC[C@@H](C(C)=O)C(=O)N1C(=O)OC[C@@H]1c1ccccc1. The quantitative estimate of drug-likeness (QED) is 0.791. The molecule has 106 valence electrons. The molecule has 0 spiro atoms. The molecule has 0 unspecified atom stereocenters. The summed E-state index contributed by atoms with van der Waals surface area (Å²) in [5.74, 6) is -1.49. The Labute approximate surface area is 117 Å². The molecule has 1 aromatic rings. The van der Waals surface area contributed by atoms with Crippen LogP contribution < -0.4 is 0 Å². The van der Waals surface area contributed by atoms with Gasteiger partial charge in [0, 0.05) is 0 Å².